The van der Waals surface area contributed by atoms with Crippen LogP contribution in [-0.2, 0) is 21.1 Å². The number of amides is 1. The fraction of sp³-hybridized carbons (Fsp3) is 0.320. The summed E-state index contributed by atoms with van der Waals surface area (Å²) in [5.74, 6) is -0.535. The van der Waals surface area contributed by atoms with Gasteiger partial charge in [-0.1, -0.05) is 42.8 Å². The van der Waals surface area contributed by atoms with E-state index >= 15 is 0 Å². The van der Waals surface area contributed by atoms with Gasteiger partial charge >= 0.3 is 0 Å². The normalized spacial score (nSPS) is 14.2. The molecule has 1 aliphatic rings. The highest BCUT2D eigenvalue weighted by Crippen LogP contribution is 2.41. The van der Waals surface area contributed by atoms with E-state index in [1.807, 2.05) is 23.7 Å². The van der Waals surface area contributed by atoms with Crippen LogP contribution in [-0.4, -0.2) is 41.9 Å². The third-order valence-electron chi connectivity index (χ3n) is 5.68. The highest BCUT2D eigenvalue weighted by molar-refractivity contribution is 6.76. The quantitative estimate of drug-likeness (QED) is 0.192. The number of hydrogen-bond donors (Lipinski definition) is 0. The number of nitriles is 1. The van der Waals surface area contributed by atoms with E-state index in [0.717, 1.165) is 27.6 Å². The van der Waals surface area contributed by atoms with Crippen LogP contribution in [0.3, 0.4) is 0 Å². The molecule has 1 amide bonds. The van der Waals surface area contributed by atoms with Crippen molar-refractivity contribution in [1.29, 1.82) is 5.26 Å². The SMILES string of the molecule is Cc1nn(COCC[Si](C)(C)C)c2ccc(Oc3c(Cl)cc(N4N=C(C#N)C(=O)CC4=O)cc3Cl)cc12. The molecule has 192 valence electrons. The van der Waals surface area contributed by atoms with Crippen molar-refractivity contribution in [3.63, 3.8) is 0 Å². The second-order valence-corrected chi connectivity index (χ2v) is 16.3. The van der Waals surface area contributed by atoms with Gasteiger partial charge in [-0.2, -0.15) is 20.5 Å². The lowest BCUT2D eigenvalue weighted by Crippen LogP contribution is -2.36. The smallest absolute Gasteiger partial charge is 0.255 e. The van der Waals surface area contributed by atoms with Gasteiger partial charge in [0.05, 0.1) is 33.4 Å². The number of anilines is 1. The molecule has 1 aliphatic heterocycles. The number of ketones is 1. The number of nitrogens with zero attached hydrogens (tertiary/aromatic N) is 5. The molecule has 0 atom stereocenters. The van der Waals surface area contributed by atoms with E-state index < -0.39 is 26.2 Å². The third kappa shape index (κ3) is 6.02. The molecule has 0 spiro atoms. The van der Waals surface area contributed by atoms with E-state index in [2.05, 4.69) is 29.8 Å². The van der Waals surface area contributed by atoms with Crippen LogP contribution in [0.15, 0.2) is 35.4 Å². The molecule has 0 unspecified atom stereocenters. The minimum absolute atomic E-state index is 0.129. The summed E-state index contributed by atoms with van der Waals surface area (Å²) in [5, 5.41) is 19.6. The number of hydrazone groups is 1. The summed E-state index contributed by atoms with van der Waals surface area (Å²) >= 11 is 12.9. The Bertz CT molecular complexity index is 1450. The minimum Gasteiger partial charge on any atom is -0.454 e. The zero-order valence-corrected chi connectivity index (χ0v) is 23.4. The highest BCUT2D eigenvalue weighted by Gasteiger charge is 2.29. The van der Waals surface area contributed by atoms with Crippen LogP contribution < -0.4 is 9.75 Å². The average Bonchev–Trinajstić information content (AvgIpc) is 3.13. The fourth-order valence-electron chi connectivity index (χ4n) is 3.69. The maximum absolute atomic E-state index is 12.3. The summed E-state index contributed by atoms with van der Waals surface area (Å²) in [7, 11) is -1.17. The second-order valence-electron chi connectivity index (χ2n) is 9.82. The van der Waals surface area contributed by atoms with Gasteiger partial charge in [0.2, 0.25) is 11.5 Å². The summed E-state index contributed by atoms with van der Waals surface area (Å²) in [5.41, 5.74) is 1.59. The highest BCUT2D eigenvalue weighted by atomic mass is 35.5. The molecule has 0 saturated heterocycles. The molecular formula is C25H25Cl2N5O4Si. The summed E-state index contributed by atoms with van der Waals surface area (Å²) in [6.07, 6.45) is -0.462. The molecule has 12 heteroatoms. The lowest BCUT2D eigenvalue weighted by atomic mass is 10.1. The van der Waals surface area contributed by atoms with Crippen molar-refractivity contribution in [2.24, 2.45) is 5.10 Å². The number of ether oxygens (including phenoxy) is 2. The van der Waals surface area contributed by atoms with Gasteiger partial charge in [0.1, 0.15) is 18.5 Å². The van der Waals surface area contributed by atoms with Gasteiger partial charge < -0.3 is 9.47 Å². The molecule has 0 bridgehead atoms. The molecule has 2 aromatic carbocycles. The number of carbonyl (C=O) groups excluding carboxylic acids is 2. The van der Waals surface area contributed by atoms with Crippen molar-refractivity contribution in [2.45, 2.75) is 45.8 Å². The number of fused-ring (bicyclic) bond motifs is 1. The third-order valence-corrected chi connectivity index (χ3v) is 7.95. The predicted molar refractivity (Wildman–Crippen MR) is 145 cm³/mol. The summed E-state index contributed by atoms with van der Waals surface area (Å²) in [6, 6.07) is 11.2. The van der Waals surface area contributed by atoms with Crippen LogP contribution in [0.25, 0.3) is 10.9 Å². The molecule has 0 saturated carbocycles. The molecule has 3 aromatic rings. The Balaban J connectivity index is 1.55. The van der Waals surface area contributed by atoms with Gasteiger partial charge in [-0.05, 0) is 43.3 Å². The molecule has 0 N–H and O–H groups in total. The Morgan fingerprint density at radius 1 is 1.14 bits per heavy atom. The summed E-state index contributed by atoms with van der Waals surface area (Å²) in [6.45, 7) is 9.91. The molecule has 2 heterocycles. The molecule has 0 aliphatic carbocycles. The van der Waals surface area contributed by atoms with Crippen LogP contribution in [0.2, 0.25) is 35.7 Å². The molecule has 0 fully saturated rings. The van der Waals surface area contributed by atoms with Crippen LogP contribution in [0.5, 0.6) is 11.5 Å². The first-order valence-electron chi connectivity index (χ1n) is 11.5. The van der Waals surface area contributed by atoms with Crippen LogP contribution in [0, 0.1) is 18.3 Å². The Labute approximate surface area is 225 Å². The molecule has 9 nitrogen and oxygen atoms in total. The van der Waals surface area contributed by atoms with Crippen LogP contribution in [0.4, 0.5) is 5.69 Å². The summed E-state index contributed by atoms with van der Waals surface area (Å²) < 4.78 is 13.7. The molecular weight excluding hydrogens is 533 g/mol. The number of halogens is 2. The van der Waals surface area contributed by atoms with E-state index in [4.69, 9.17) is 37.9 Å². The molecule has 0 radical (unpaired) electrons. The van der Waals surface area contributed by atoms with Crippen molar-refractivity contribution < 1.29 is 19.1 Å². The molecule has 1 aromatic heterocycles. The van der Waals surface area contributed by atoms with E-state index in [1.165, 1.54) is 12.1 Å². The molecule has 37 heavy (non-hydrogen) atoms. The van der Waals surface area contributed by atoms with Gasteiger partial charge in [-0.15, -0.1) is 0 Å². The van der Waals surface area contributed by atoms with Crippen molar-refractivity contribution in [2.75, 3.05) is 11.6 Å². The number of benzene rings is 2. The average molecular weight is 558 g/mol. The van der Waals surface area contributed by atoms with Crippen molar-refractivity contribution in [3.05, 3.63) is 46.1 Å². The van der Waals surface area contributed by atoms with Crippen molar-refractivity contribution in [3.8, 4) is 17.6 Å². The summed E-state index contributed by atoms with van der Waals surface area (Å²) in [4.78, 5) is 24.0. The monoisotopic (exact) mass is 557 g/mol. The lowest BCUT2D eigenvalue weighted by molar-refractivity contribution is -0.124. The zero-order valence-electron chi connectivity index (χ0n) is 20.8. The second kappa shape index (κ2) is 10.6. The van der Waals surface area contributed by atoms with E-state index in [-0.39, 0.29) is 27.2 Å². The maximum atomic E-state index is 12.3. The van der Waals surface area contributed by atoms with Crippen LogP contribution >= 0.6 is 23.2 Å². The lowest BCUT2D eigenvalue weighted by Gasteiger charge is -2.22. The van der Waals surface area contributed by atoms with E-state index in [9.17, 15) is 9.59 Å². The molecule has 4 rings (SSSR count). The largest absolute Gasteiger partial charge is 0.454 e. The Morgan fingerprint density at radius 2 is 1.84 bits per heavy atom. The number of aryl methyl sites for hydroxylation is 1. The Hall–Kier alpha value is -3.23. The van der Waals surface area contributed by atoms with Crippen molar-refractivity contribution >= 4 is 65.3 Å². The van der Waals surface area contributed by atoms with Gasteiger partial charge in [0.15, 0.2) is 5.75 Å². The van der Waals surface area contributed by atoms with E-state index in [1.54, 1.807) is 12.1 Å². The minimum atomic E-state index is -1.17. The first-order valence-corrected chi connectivity index (χ1v) is 16.0. The van der Waals surface area contributed by atoms with Gasteiger partial charge in [-0.3, -0.25) is 9.59 Å². The Morgan fingerprint density at radius 3 is 2.49 bits per heavy atom. The predicted octanol–water partition coefficient (Wildman–Crippen LogP) is 5.94. The number of hydrogen-bond acceptors (Lipinski definition) is 7. The standard InChI is InChI=1S/C25H25Cl2N5O4Si/c1-15-18-11-17(5-6-22(18)31(29-15)14-35-7-8-37(2,3)4)36-25-19(26)9-16(10-20(25)27)32-24(34)12-23(33)21(13-28)30-32/h5-6,9-11H,7-8,12,14H2,1-4H3. The number of aromatic nitrogens is 2. The fourth-order valence-corrected chi connectivity index (χ4v) is 5.00. The number of Topliss-reactive ketones (excluding diaryl/α,β-unsaturated/α-hetero) is 1. The Kier molecular flexibility index (Phi) is 7.71. The van der Waals surface area contributed by atoms with E-state index in [0.29, 0.717) is 19.1 Å². The first-order chi connectivity index (χ1) is 17.5. The number of carbonyl (C=O) groups is 2. The zero-order chi connectivity index (χ0) is 26.9. The van der Waals surface area contributed by atoms with Crippen molar-refractivity contribution in [1.82, 2.24) is 9.78 Å². The van der Waals surface area contributed by atoms with Crippen LogP contribution in [0.1, 0.15) is 12.1 Å². The van der Waals surface area contributed by atoms with Gasteiger partial charge in [0.25, 0.3) is 5.91 Å². The van der Waals surface area contributed by atoms with Gasteiger partial charge in [-0.25, -0.2) is 4.68 Å². The van der Waals surface area contributed by atoms with Gasteiger partial charge in [0, 0.05) is 20.1 Å². The first kappa shape index (κ1) is 26.8. The number of rotatable bonds is 8. The maximum Gasteiger partial charge on any atom is 0.255 e. The topological polar surface area (TPSA) is 110 Å².